The normalized spacial score (nSPS) is 11.4. The van der Waals surface area contributed by atoms with E-state index < -0.39 is 10.1 Å². The van der Waals surface area contributed by atoms with Crippen LogP contribution in [0.25, 0.3) is 10.8 Å². The average molecular weight is 449 g/mol. The number of fused-ring (bicyclic) bond motifs is 1. The molecule has 0 unspecified atom stereocenters. The molecule has 1 N–H and O–H groups in total. The molecule has 0 bridgehead atoms. The first-order chi connectivity index (χ1) is 15.0. The van der Waals surface area contributed by atoms with Gasteiger partial charge in [0.1, 0.15) is 11.7 Å². The number of hydrogen-bond donors (Lipinski definition) is 1. The number of hydrogen-bond acceptors (Lipinski definition) is 3. The monoisotopic (exact) mass is 448 g/mol. The number of rotatable bonds is 13. The summed E-state index contributed by atoms with van der Waals surface area (Å²) in [4.78, 5) is 8.16. The predicted molar refractivity (Wildman–Crippen MR) is 131 cm³/mol. The van der Waals surface area contributed by atoms with Crippen molar-refractivity contribution in [2.75, 3.05) is 0 Å². The molecule has 0 aliphatic rings. The van der Waals surface area contributed by atoms with Crippen LogP contribution in [0.5, 0.6) is 0 Å². The predicted octanol–water partition coefficient (Wildman–Crippen LogP) is 7.10. The van der Waals surface area contributed by atoms with Gasteiger partial charge in [-0.3, -0.25) is 4.55 Å². The third-order valence-electron chi connectivity index (χ3n) is 5.85. The first-order valence-corrected chi connectivity index (χ1v) is 13.2. The van der Waals surface area contributed by atoms with E-state index in [1.807, 2.05) is 31.1 Å². The van der Waals surface area contributed by atoms with Crippen LogP contribution in [-0.4, -0.2) is 19.8 Å². The topological polar surface area (TPSA) is 71.4 Å². The third-order valence-corrected chi connectivity index (χ3v) is 6.83. The fourth-order valence-corrected chi connectivity index (χ4v) is 5.38. The molecule has 0 atom stereocenters. The highest BCUT2D eigenvalue weighted by Gasteiger charge is 2.25. The Hall–Kier alpha value is -1.72. The van der Waals surface area contributed by atoms with Crippen LogP contribution < -0.4 is 0 Å². The van der Waals surface area contributed by atoms with E-state index in [0.717, 1.165) is 81.6 Å². The molecule has 4 nitrogen and oxygen atoms in total. The minimum atomic E-state index is -4.29. The molecule has 0 amide bonds. The first kappa shape index (κ1) is 27.3. The van der Waals surface area contributed by atoms with Crippen molar-refractivity contribution in [3.05, 3.63) is 41.0 Å². The lowest BCUT2D eigenvalue weighted by Gasteiger charge is -2.22. The van der Waals surface area contributed by atoms with Crippen molar-refractivity contribution >= 4 is 27.7 Å². The van der Waals surface area contributed by atoms with Gasteiger partial charge in [-0.25, -0.2) is 0 Å². The minimum absolute atomic E-state index is 0.162. The molecule has 5 heteroatoms. The number of carbonyl (C=O) groups excluding carboxylic acids is 1. The van der Waals surface area contributed by atoms with Crippen LogP contribution in [0.4, 0.5) is 0 Å². The molecule has 0 spiro atoms. The Bertz CT molecular complexity index is 903. The van der Waals surface area contributed by atoms with Crippen molar-refractivity contribution in [1.82, 2.24) is 0 Å². The van der Waals surface area contributed by atoms with Crippen LogP contribution >= 0.6 is 0 Å². The molecule has 0 aromatic heterocycles. The molecule has 0 heterocycles. The van der Waals surface area contributed by atoms with Crippen molar-refractivity contribution < 1.29 is 17.8 Å². The van der Waals surface area contributed by atoms with Crippen molar-refractivity contribution in [2.45, 2.75) is 103 Å². The molecule has 0 radical (unpaired) electrons. The van der Waals surface area contributed by atoms with E-state index >= 15 is 0 Å². The van der Waals surface area contributed by atoms with Crippen molar-refractivity contribution in [3.63, 3.8) is 0 Å². The molecule has 0 saturated heterocycles. The van der Waals surface area contributed by atoms with E-state index in [9.17, 15) is 13.0 Å². The highest BCUT2D eigenvalue weighted by molar-refractivity contribution is 7.86. The molecule has 0 aliphatic carbocycles. The summed E-state index contributed by atoms with van der Waals surface area (Å²) in [6.45, 7) is 8.55. The van der Waals surface area contributed by atoms with Crippen molar-refractivity contribution in [3.8, 4) is 0 Å². The second-order valence-corrected chi connectivity index (χ2v) is 9.52. The van der Waals surface area contributed by atoms with Gasteiger partial charge in [-0.15, -0.1) is 0 Å². The lowest BCUT2D eigenvalue weighted by atomic mass is 9.86. The van der Waals surface area contributed by atoms with Gasteiger partial charge in [-0.2, -0.15) is 8.42 Å². The third kappa shape index (κ3) is 7.73. The van der Waals surface area contributed by atoms with Gasteiger partial charge in [0.2, 0.25) is 0 Å². The second-order valence-electron chi connectivity index (χ2n) is 8.16. The SMILES string of the molecule is C=O.CCCCCc1c(CCCCC)c(S(=O)(=O)O)c2ccccc2c1CCCCC. The highest BCUT2D eigenvalue weighted by Crippen LogP contribution is 2.36. The van der Waals surface area contributed by atoms with E-state index in [4.69, 9.17) is 4.79 Å². The second kappa shape index (κ2) is 14.4. The van der Waals surface area contributed by atoms with Gasteiger partial charge in [0.15, 0.2) is 0 Å². The molecule has 174 valence electrons. The summed E-state index contributed by atoms with van der Waals surface area (Å²) < 4.78 is 35.2. The van der Waals surface area contributed by atoms with Crippen molar-refractivity contribution in [1.29, 1.82) is 0 Å². The summed E-state index contributed by atoms with van der Waals surface area (Å²) in [7, 11) is -4.29. The summed E-state index contributed by atoms with van der Waals surface area (Å²) in [5, 5.41) is 1.69. The molecule has 2 rings (SSSR count). The maximum absolute atomic E-state index is 12.5. The summed E-state index contributed by atoms with van der Waals surface area (Å²) >= 11 is 0. The quantitative estimate of drug-likeness (QED) is 0.262. The van der Waals surface area contributed by atoms with Crippen LogP contribution in [0.1, 0.15) is 95.2 Å². The zero-order chi connectivity index (χ0) is 23.3. The van der Waals surface area contributed by atoms with Gasteiger partial charge >= 0.3 is 0 Å². The van der Waals surface area contributed by atoms with E-state index in [0.29, 0.717) is 5.39 Å². The standard InChI is InChI=1S/C25H38O3S.CH2O/c1-4-7-10-15-20-21(16-11-8-5-2)23(18-12-9-6-3)25(29(26,27)28)24-19-14-13-17-22(20)24;1-2/h13-14,17,19H,4-12,15-16,18H2,1-3H3,(H,26,27,28);1H2. The Morgan fingerprint density at radius 1 is 0.677 bits per heavy atom. The molecule has 31 heavy (non-hydrogen) atoms. The van der Waals surface area contributed by atoms with Crippen LogP contribution in [0.3, 0.4) is 0 Å². The zero-order valence-electron chi connectivity index (χ0n) is 19.6. The first-order valence-electron chi connectivity index (χ1n) is 11.8. The fourth-order valence-electron chi connectivity index (χ4n) is 4.39. The highest BCUT2D eigenvalue weighted by atomic mass is 32.2. The van der Waals surface area contributed by atoms with Gasteiger partial charge in [-0.05, 0) is 60.6 Å². The van der Waals surface area contributed by atoms with Crippen molar-refractivity contribution in [2.24, 2.45) is 0 Å². The molecule has 0 aliphatic heterocycles. The Kier molecular flexibility index (Phi) is 12.7. The summed E-state index contributed by atoms with van der Waals surface area (Å²) in [5.74, 6) is 0. The van der Waals surface area contributed by atoms with Gasteiger partial charge in [0.05, 0.1) is 0 Å². The Morgan fingerprint density at radius 2 is 1.10 bits per heavy atom. The number of unbranched alkanes of at least 4 members (excludes halogenated alkanes) is 6. The number of aryl methyl sites for hydroxylation is 1. The zero-order valence-corrected chi connectivity index (χ0v) is 20.4. The Labute approximate surface area is 189 Å². The number of carbonyl (C=O) groups is 1. The fraction of sp³-hybridized carbons (Fsp3) is 0.577. The Balaban J connectivity index is 0.00000233. The maximum atomic E-state index is 12.5. The van der Waals surface area contributed by atoms with Gasteiger partial charge in [0, 0.05) is 5.39 Å². The van der Waals surface area contributed by atoms with E-state index in [1.165, 1.54) is 17.5 Å². The maximum Gasteiger partial charge on any atom is 0.295 e. The summed E-state index contributed by atoms with van der Waals surface area (Å²) in [6, 6.07) is 7.75. The van der Waals surface area contributed by atoms with Gasteiger partial charge in [-0.1, -0.05) is 83.6 Å². The summed E-state index contributed by atoms with van der Waals surface area (Å²) in [6.07, 6.45) is 12.5. The minimum Gasteiger partial charge on any atom is -0.307 e. The van der Waals surface area contributed by atoms with Crippen LogP contribution in [0, 0.1) is 0 Å². The molecule has 2 aromatic rings. The van der Waals surface area contributed by atoms with Gasteiger partial charge in [0.25, 0.3) is 10.1 Å². The lowest BCUT2D eigenvalue weighted by Crippen LogP contribution is -2.12. The molecular weight excluding hydrogens is 408 g/mol. The van der Waals surface area contributed by atoms with Crippen LogP contribution in [-0.2, 0) is 34.2 Å². The Morgan fingerprint density at radius 3 is 1.55 bits per heavy atom. The number of benzene rings is 2. The largest absolute Gasteiger partial charge is 0.307 e. The van der Waals surface area contributed by atoms with E-state index in [1.54, 1.807) is 0 Å². The van der Waals surface area contributed by atoms with E-state index in [2.05, 4.69) is 20.8 Å². The molecule has 0 fully saturated rings. The average Bonchev–Trinajstić information content (AvgIpc) is 2.75. The lowest BCUT2D eigenvalue weighted by molar-refractivity contribution is -0.0980. The van der Waals surface area contributed by atoms with Gasteiger partial charge < -0.3 is 4.79 Å². The molecular formula is C26H40O4S. The van der Waals surface area contributed by atoms with Crippen LogP contribution in [0.2, 0.25) is 0 Å². The van der Waals surface area contributed by atoms with E-state index in [-0.39, 0.29) is 4.90 Å². The smallest absolute Gasteiger partial charge is 0.295 e. The van der Waals surface area contributed by atoms with Crippen LogP contribution in [0.15, 0.2) is 29.2 Å². The summed E-state index contributed by atoms with van der Waals surface area (Å²) in [5.41, 5.74) is 3.38. The molecule has 0 saturated carbocycles. The molecule has 2 aromatic carbocycles.